The molecule has 9 heteroatoms. The Morgan fingerprint density at radius 1 is 1.10 bits per heavy atom. The number of benzene rings is 2. The molecule has 2 aliphatic heterocycles. The van der Waals surface area contributed by atoms with Crippen molar-refractivity contribution in [2.24, 2.45) is 5.73 Å². The third-order valence-corrected chi connectivity index (χ3v) is 8.61. The Morgan fingerprint density at radius 2 is 1.92 bits per heavy atom. The van der Waals surface area contributed by atoms with Crippen LogP contribution in [0.5, 0.6) is 0 Å². The van der Waals surface area contributed by atoms with Crippen LogP contribution in [-0.4, -0.2) is 76.6 Å². The molecule has 8 nitrogen and oxygen atoms in total. The van der Waals surface area contributed by atoms with E-state index in [0.717, 1.165) is 57.4 Å². The molecule has 0 radical (unpaired) electrons. The summed E-state index contributed by atoms with van der Waals surface area (Å²) in [6.45, 7) is 3.87. The number of carbonyl (C=O) groups excluding carboxylic acids is 2. The number of ketones is 1. The molecular formula is C30H36N6O2S. The van der Waals surface area contributed by atoms with Gasteiger partial charge in [-0.1, -0.05) is 48.5 Å². The van der Waals surface area contributed by atoms with Gasteiger partial charge in [0, 0.05) is 49.2 Å². The van der Waals surface area contributed by atoms with Gasteiger partial charge in [0.2, 0.25) is 11.7 Å². The number of hydrogen-bond acceptors (Lipinski definition) is 7. The molecule has 0 bridgehead atoms. The lowest BCUT2D eigenvalue weighted by molar-refractivity contribution is -0.127. The fraction of sp³-hybridized carbons (Fsp3) is 0.400. The number of hydrogen-bond donors (Lipinski definition) is 3. The molecular weight excluding hydrogens is 508 g/mol. The standard InChI is InChI=1S/C30H36N6O2S/c31-28(32)23-10-4-8-22(18-23)19-25(27(37)30-33-13-17-39-30)34-29(38)26-12-11-24-20-35(15-16-36(24)26)14-5-9-21-6-2-1-3-7-21/h1-4,6-8,10,13,17-18,24-26H,5,9,11-12,14-16,19-20H2,(H3,31,32)(H,34,38). The van der Waals surface area contributed by atoms with E-state index in [1.807, 2.05) is 12.1 Å². The molecule has 3 atom stereocenters. The quantitative estimate of drug-likeness (QED) is 0.194. The Balaban J connectivity index is 1.20. The molecule has 2 fully saturated rings. The fourth-order valence-corrected chi connectivity index (χ4v) is 6.46. The summed E-state index contributed by atoms with van der Waals surface area (Å²) in [6.07, 6.45) is 5.92. The Labute approximate surface area is 233 Å². The lowest BCUT2D eigenvalue weighted by atomic mass is 9.99. The van der Waals surface area contributed by atoms with Crippen LogP contribution in [0.2, 0.25) is 0 Å². The van der Waals surface area contributed by atoms with E-state index in [-0.39, 0.29) is 23.6 Å². The highest BCUT2D eigenvalue weighted by molar-refractivity contribution is 7.11. The van der Waals surface area contributed by atoms with Gasteiger partial charge in [-0.25, -0.2) is 4.98 Å². The van der Waals surface area contributed by atoms with E-state index in [0.29, 0.717) is 23.0 Å². The zero-order valence-electron chi connectivity index (χ0n) is 22.1. The second-order valence-electron chi connectivity index (χ2n) is 10.5. The van der Waals surface area contributed by atoms with Crippen LogP contribution in [0.3, 0.4) is 0 Å². The number of aryl methyl sites for hydroxylation is 1. The number of nitrogens with two attached hydrogens (primary N) is 1. The van der Waals surface area contributed by atoms with Gasteiger partial charge >= 0.3 is 0 Å². The van der Waals surface area contributed by atoms with E-state index in [1.165, 1.54) is 16.9 Å². The van der Waals surface area contributed by atoms with Gasteiger partial charge in [0.1, 0.15) is 5.84 Å². The molecule has 2 aliphatic rings. The van der Waals surface area contributed by atoms with Crippen LogP contribution in [0.1, 0.15) is 45.8 Å². The van der Waals surface area contributed by atoms with Crippen molar-refractivity contribution >= 4 is 28.9 Å². The van der Waals surface area contributed by atoms with E-state index in [4.69, 9.17) is 11.1 Å². The Kier molecular flexibility index (Phi) is 8.81. The maximum Gasteiger partial charge on any atom is 0.237 e. The zero-order valence-corrected chi connectivity index (χ0v) is 22.9. The summed E-state index contributed by atoms with van der Waals surface area (Å²) < 4.78 is 0. The van der Waals surface area contributed by atoms with E-state index in [1.54, 1.807) is 23.7 Å². The molecule has 0 spiro atoms. The van der Waals surface area contributed by atoms with Gasteiger partial charge in [0.25, 0.3) is 0 Å². The first kappa shape index (κ1) is 27.2. The van der Waals surface area contributed by atoms with E-state index in [9.17, 15) is 9.59 Å². The molecule has 2 saturated heterocycles. The van der Waals surface area contributed by atoms with Crippen LogP contribution in [-0.2, 0) is 17.6 Å². The van der Waals surface area contributed by atoms with E-state index >= 15 is 0 Å². The summed E-state index contributed by atoms with van der Waals surface area (Å²) in [5.74, 6) is -0.308. The highest BCUT2D eigenvalue weighted by Crippen LogP contribution is 2.28. The van der Waals surface area contributed by atoms with Crippen molar-refractivity contribution in [3.8, 4) is 0 Å². The van der Waals surface area contributed by atoms with Crippen LogP contribution >= 0.6 is 11.3 Å². The molecule has 5 rings (SSSR count). The molecule has 3 heterocycles. The Hall–Kier alpha value is -3.40. The van der Waals surface area contributed by atoms with Crippen molar-refractivity contribution in [3.05, 3.63) is 87.9 Å². The monoisotopic (exact) mass is 544 g/mol. The SMILES string of the molecule is N=C(N)c1cccc(CC(NC(=O)C2CCC3CN(CCCc4ccccc4)CCN32)C(=O)c2nccs2)c1. The number of carbonyl (C=O) groups is 2. The van der Waals surface area contributed by atoms with E-state index < -0.39 is 6.04 Å². The van der Waals surface area contributed by atoms with Gasteiger partial charge in [-0.3, -0.25) is 19.9 Å². The molecule has 3 unspecified atom stereocenters. The summed E-state index contributed by atoms with van der Waals surface area (Å²) in [4.78, 5) is 36.0. The summed E-state index contributed by atoms with van der Waals surface area (Å²) in [5.41, 5.74) is 8.48. The molecule has 3 aromatic rings. The van der Waals surface area contributed by atoms with Crippen molar-refractivity contribution in [2.75, 3.05) is 26.2 Å². The van der Waals surface area contributed by atoms with Crippen LogP contribution < -0.4 is 11.1 Å². The predicted octanol–water partition coefficient (Wildman–Crippen LogP) is 3.12. The van der Waals surface area contributed by atoms with Gasteiger partial charge in [0.15, 0.2) is 5.01 Å². The van der Waals surface area contributed by atoms with Gasteiger partial charge in [-0.05, 0) is 49.4 Å². The average Bonchev–Trinajstić information content (AvgIpc) is 3.63. The van der Waals surface area contributed by atoms with Gasteiger partial charge < -0.3 is 16.0 Å². The number of rotatable bonds is 11. The van der Waals surface area contributed by atoms with Crippen molar-refractivity contribution in [1.29, 1.82) is 5.41 Å². The fourth-order valence-electron chi connectivity index (χ4n) is 5.83. The second-order valence-corrected chi connectivity index (χ2v) is 11.3. The first-order valence-electron chi connectivity index (χ1n) is 13.7. The molecule has 1 aromatic heterocycles. The summed E-state index contributed by atoms with van der Waals surface area (Å²) in [7, 11) is 0. The summed E-state index contributed by atoms with van der Waals surface area (Å²) >= 11 is 1.28. The normalized spacial score (nSPS) is 20.3. The van der Waals surface area contributed by atoms with Crippen molar-refractivity contribution < 1.29 is 9.59 Å². The molecule has 4 N–H and O–H groups in total. The lowest BCUT2D eigenvalue weighted by Crippen LogP contribution is -2.57. The topological polar surface area (TPSA) is 115 Å². The summed E-state index contributed by atoms with van der Waals surface area (Å²) in [6, 6.07) is 17.3. The molecule has 204 valence electrons. The van der Waals surface area contributed by atoms with Crippen molar-refractivity contribution in [3.63, 3.8) is 0 Å². The van der Waals surface area contributed by atoms with Gasteiger partial charge in [-0.2, -0.15) is 0 Å². The maximum atomic E-state index is 13.6. The number of aromatic nitrogens is 1. The van der Waals surface area contributed by atoms with Crippen LogP contribution in [0.4, 0.5) is 0 Å². The second kappa shape index (κ2) is 12.6. The smallest absolute Gasteiger partial charge is 0.237 e. The Bertz CT molecular complexity index is 1280. The third kappa shape index (κ3) is 6.79. The molecule has 0 aliphatic carbocycles. The number of fused-ring (bicyclic) bond motifs is 1. The first-order valence-corrected chi connectivity index (χ1v) is 14.6. The number of nitrogens with zero attached hydrogens (tertiary/aromatic N) is 3. The minimum atomic E-state index is -0.732. The lowest BCUT2D eigenvalue weighted by Gasteiger charge is -2.39. The minimum absolute atomic E-state index is 0.0279. The maximum absolute atomic E-state index is 13.6. The number of nitrogens with one attached hydrogen (secondary N) is 2. The van der Waals surface area contributed by atoms with Crippen molar-refractivity contribution in [2.45, 2.75) is 50.2 Å². The highest BCUT2D eigenvalue weighted by Gasteiger charge is 2.41. The van der Waals surface area contributed by atoms with Crippen LogP contribution in [0, 0.1) is 5.41 Å². The summed E-state index contributed by atoms with van der Waals surface area (Å²) in [5, 5.41) is 13.0. The largest absolute Gasteiger partial charge is 0.384 e. The zero-order chi connectivity index (χ0) is 27.2. The van der Waals surface area contributed by atoms with Gasteiger partial charge in [-0.15, -0.1) is 11.3 Å². The van der Waals surface area contributed by atoms with E-state index in [2.05, 4.69) is 50.4 Å². The van der Waals surface area contributed by atoms with Crippen molar-refractivity contribution in [1.82, 2.24) is 20.1 Å². The van der Waals surface area contributed by atoms with Gasteiger partial charge in [0.05, 0.1) is 12.1 Å². The number of amides is 1. The third-order valence-electron chi connectivity index (χ3n) is 7.83. The van der Waals surface area contributed by atoms with Crippen LogP contribution in [0.25, 0.3) is 0 Å². The molecule has 1 amide bonds. The minimum Gasteiger partial charge on any atom is -0.384 e. The average molecular weight is 545 g/mol. The number of Topliss-reactive ketones (excluding diaryl/α,β-unsaturated/α-hetero) is 1. The number of amidine groups is 1. The number of nitrogen functional groups attached to an aromatic ring is 1. The first-order chi connectivity index (χ1) is 19.0. The molecule has 39 heavy (non-hydrogen) atoms. The molecule has 0 saturated carbocycles. The van der Waals surface area contributed by atoms with Crippen LogP contribution in [0.15, 0.2) is 66.2 Å². The number of thiazole rings is 1. The Morgan fingerprint density at radius 3 is 2.69 bits per heavy atom. The predicted molar refractivity (Wildman–Crippen MR) is 154 cm³/mol. The highest BCUT2D eigenvalue weighted by atomic mass is 32.1. The molecule has 2 aromatic carbocycles. The number of piperazine rings is 1.